The third-order valence-corrected chi connectivity index (χ3v) is 6.69. The first-order valence-electron chi connectivity index (χ1n) is 7.53. The van der Waals surface area contributed by atoms with Gasteiger partial charge in [-0.05, 0) is 29.6 Å². The van der Waals surface area contributed by atoms with Gasteiger partial charge in [-0.25, -0.2) is 0 Å². The lowest BCUT2D eigenvalue weighted by Crippen LogP contribution is -2.13. The van der Waals surface area contributed by atoms with Crippen molar-refractivity contribution in [2.75, 3.05) is 16.4 Å². The van der Waals surface area contributed by atoms with Crippen molar-refractivity contribution >= 4 is 80.3 Å². The highest BCUT2D eigenvalue weighted by Crippen LogP contribution is 2.27. The molecule has 2 heterocycles. The number of nitrogens with one attached hydrogen (secondary N) is 2. The third-order valence-electron chi connectivity index (χ3n) is 3.10. The summed E-state index contributed by atoms with van der Waals surface area (Å²) in [5.74, 6) is -0.211. The fourth-order valence-corrected chi connectivity index (χ4v) is 4.52. The maximum Gasteiger partial charge on any atom is 0.234 e. The van der Waals surface area contributed by atoms with Crippen LogP contribution in [0.1, 0.15) is 4.88 Å². The molecule has 2 aromatic heterocycles. The fraction of sp³-hybridized carbons (Fsp3) is 0.125. The predicted molar refractivity (Wildman–Crippen MR) is 112 cm³/mol. The quantitative estimate of drug-likeness (QED) is 0.391. The van der Waals surface area contributed by atoms with Crippen molar-refractivity contribution in [1.82, 2.24) is 10.2 Å². The van der Waals surface area contributed by atoms with Crippen LogP contribution in [-0.2, 0) is 16.0 Å². The number of thiophene rings is 1. The van der Waals surface area contributed by atoms with E-state index in [2.05, 4.69) is 20.8 Å². The number of thioether (sulfide) groups is 1. The summed E-state index contributed by atoms with van der Waals surface area (Å²) in [5, 5.41) is 16.5. The number of halogens is 2. The first-order chi connectivity index (χ1) is 13.0. The Kier molecular flexibility index (Phi) is 7.08. The van der Waals surface area contributed by atoms with Crippen LogP contribution in [-0.4, -0.2) is 27.8 Å². The second-order valence-corrected chi connectivity index (χ2v) is 9.19. The Balaban J connectivity index is 1.46. The molecule has 27 heavy (non-hydrogen) atoms. The van der Waals surface area contributed by atoms with Crippen LogP contribution in [0, 0.1) is 0 Å². The lowest BCUT2D eigenvalue weighted by molar-refractivity contribution is -0.115. The second-order valence-electron chi connectivity index (χ2n) is 5.14. The van der Waals surface area contributed by atoms with Gasteiger partial charge in [0.2, 0.25) is 16.9 Å². The molecule has 140 valence electrons. The van der Waals surface area contributed by atoms with E-state index in [4.69, 9.17) is 23.2 Å². The summed E-state index contributed by atoms with van der Waals surface area (Å²) in [5.41, 5.74) is 0.564. The van der Waals surface area contributed by atoms with Gasteiger partial charge in [-0.15, -0.1) is 21.5 Å². The van der Waals surface area contributed by atoms with Crippen LogP contribution in [0.5, 0.6) is 0 Å². The van der Waals surface area contributed by atoms with Gasteiger partial charge in [0.25, 0.3) is 0 Å². The summed E-state index contributed by atoms with van der Waals surface area (Å²) < 4.78 is 0.589. The number of anilines is 2. The molecule has 0 unspecified atom stereocenters. The molecule has 0 fully saturated rings. The number of benzene rings is 1. The lowest BCUT2D eigenvalue weighted by atomic mass is 10.3. The molecule has 0 bridgehead atoms. The molecule has 0 saturated heterocycles. The molecule has 2 N–H and O–H groups in total. The minimum absolute atomic E-state index is 0.150. The zero-order chi connectivity index (χ0) is 19.2. The van der Waals surface area contributed by atoms with E-state index in [0.29, 0.717) is 31.6 Å². The molecule has 0 aliphatic rings. The first-order valence-corrected chi connectivity index (χ1v) is 11.0. The number of hydrogen-bond acceptors (Lipinski definition) is 7. The Labute approximate surface area is 177 Å². The SMILES string of the molecule is O=C(CSc1nnc(NC(=O)Cc2cccs2)s1)Nc1ccc(Cl)c(Cl)c1. The summed E-state index contributed by atoms with van der Waals surface area (Å²) in [7, 11) is 0. The van der Waals surface area contributed by atoms with Gasteiger partial charge in [0, 0.05) is 10.6 Å². The number of carbonyl (C=O) groups excluding carboxylic acids is 2. The van der Waals surface area contributed by atoms with Gasteiger partial charge >= 0.3 is 0 Å². The van der Waals surface area contributed by atoms with Gasteiger partial charge in [0.05, 0.1) is 22.2 Å². The minimum Gasteiger partial charge on any atom is -0.325 e. The molecule has 3 aromatic rings. The molecule has 0 radical (unpaired) electrons. The average Bonchev–Trinajstić information content (AvgIpc) is 3.28. The zero-order valence-electron chi connectivity index (χ0n) is 13.6. The summed E-state index contributed by atoms with van der Waals surface area (Å²) >= 11 is 15.7. The van der Waals surface area contributed by atoms with Gasteiger partial charge in [0.15, 0.2) is 4.34 Å². The minimum atomic E-state index is -0.211. The number of hydrogen-bond donors (Lipinski definition) is 2. The Morgan fingerprint density at radius 2 is 1.93 bits per heavy atom. The number of carbonyl (C=O) groups is 2. The van der Waals surface area contributed by atoms with Crippen molar-refractivity contribution in [3.8, 4) is 0 Å². The molecule has 2 amide bonds. The van der Waals surface area contributed by atoms with Crippen LogP contribution >= 0.6 is 57.6 Å². The van der Waals surface area contributed by atoms with Crippen LogP contribution in [0.25, 0.3) is 0 Å². The smallest absolute Gasteiger partial charge is 0.234 e. The van der Waals surface area contributed by atoms with Gasteiger partial charge < -0.3 is 10.6 Å². The van der Waals surface area contributed by atoms with E-state index in [-0.39, 0.29) is 17.6 Å². The summed E-state index contributed by atoms with van der Waals surface area (Å²) in [6.07, 6.45) is 0.297. The Morgan fingerprint density at radius 3 is 2.67 bits per heavy atom. The van der Waals surface area contributed by atoms with Crippen molar-refractivity contribution in [3.05, 3.63) is 50.6 Å². The molecule has 3 rings (SSSR count). The third kappa shape index (κ3) is 6.18. The predicted octanol–water partition coefficient (Wildman–Crippen LogP) is 4.82. The van der Waals surface area contributed by atoms with Gasteiger partial charge in [0.1, 0.15) is 0 Å². The number of aromatic nitrogens is 2. The van der Waals surface area contributed by atoms with Crippen molar-refractivity contribution < 1.29 is 9.59 Å². The molecule has 0 atom stereocenters. The van der Waals surface area contributed by atoms with Crippen LogP contribution in [0.15, 0.2) is 40.1 Å². The second kappa shape index (κ2) is 9.52. The van der Waals surface area contributed by atoms with E-state index < -0.39 is 0 Å². The van der Waals surface area contributed by atoms with Crippen LogP contribution in [0.4, 0.5) is 10.8 Å². The highest BCUT2D eigenvalue weighted by molar-refractivity contribution is 8.01. The molecule has 1 aromatic carbocycles. The lowest BCUT2D eigenvalue weighted by Gasteiger charge is -2.05. The Bertz CT molecular complexity index is 947. The summed E-state index contributed by atoms with van der Waals surface area (Å²) in [6, 6.07) is 8.66. The Morgan fingerprint density at radius 1 is 1.07 bits per heavy atom. The molecule has 0 saturated carbocycles. The largest absolute Gasteiger partial charge is 0.325 e. The molecule has 0 spiro atoms. The van der Waals surface area contributed by atoms with Crippen LogP contribution in [0.3, 0.4) is 0 Å². The normalized spacial score (nSPS) is 10.6. The first kappa shape index (κ1) is 20.1. The topological polar surface area (TPSA) is 84.0 Å². The molecule has 6 nitrogen and oxygen atoms in total. The van der Waals surface area contributed by atoms with Gasteiger partial charge in [-0.3, -0.25) is 9.59 Å². The highest BCUT2D eigenvalue weighted by Gasteiger charge is 2.12. The van der Waals surface area contributed by atoms with Crippen LogP contribution < -0.4 is 10.6 Å². The van der Waals surface area contributed by atoms with Gasteiger partial charge in [-0.2, -0.15) is 0 Å². The summed E-state index contributed by atoms with van der Waals surface area (Å²) in [6.45, 7) is 0. The van der Waals surface area contributed by atoms with Crippen molar-refractivity contribution in [2.24, 2.45) is 0 Å². The van der Waals surface area contributed by atoms with Crippen molar-refractivity contribution in [2.45, 2.75) is 10.8 Å². The maximum atomic E-state index is 12.0. The monoisotopic (exact) mass is 458 g/mol. The molecule has 11 heteroatoms. The maximum absolute atomic E-state index is 12.0. The van der Waals surface area contributed by atoms with E-state index in [0.717, 1.165) is 4.88 Å². The van der Waals surface area contributed by atoms with Gasteiger partial charge in [-0.1, -0.05) is 52.4 Å². The highest BCUT2D eigenvalue weighted by atomic mass is 35.5. The average molecular weight is 459 g/mol. The number of rotatable bonds is 7. The van der Waals surface area contributed by atoms with E-state index in [1.165, 1.54) is 34.4 Å². The molecule has 0 aliphatic carbocycles. The van der Waals surface area contributed by atoms with Crippen molar-refractivity contribution in [1.29, 1.82) is 0 Å². The molecular weight excluding hydrogens is 447 g/mol. The fourth-order valence-electron chi connectivity index (χ4n) is 1.95. The number of nitrogens with zero attached hydrogens (tertiary/aromatic N) is 2. The van der Waals surface area contributed by atoms with E-state index >= 15 is 0 Å². The van der Waals surface area contributed by atoms with E-state index in [9.17, 15) is 9.59 Å². The Hall–Kier alpha value is -1.65. The molecular formula is C16H12Cl2N4O2S3. The molecule has 0 aliphatic heterocycles. The standard InChI is InChI=1S/C16H12Cl2N4O2S3/c17-11-4-3-9(6-12(11)18)19-14(24)8-26-16-22-21-15(27-16)20-13(23)7-10-2-1-5-25-10/h1-6H,7-8H2,(H,19,24)(H,20,21,23). The van der Waals surface area contributed by atoms with Crippen LogP contribution in [0.2, 0.25) is 10.0 Å². The van der Waals surface area contributed by atoms with E-state index in [1.54, 1.807) is 18.2 Å². The number of amides is 2. The zero-order valence-corrected chi connectivity index (χ0v) is 17.5. The summed E-state index contributed by atoms with van der Waals surface area (Å²) in [4.78, 5) is 25.0. The van der Waals surface area contributed by atoms with Crippen molar-refractivity contribution in [3.63, 3.8) is 0 Å². The van der Waals surface area contributed by atoms with E-state index in [1.807, 2.05) is 17.5 Å².